The largest absolute Gasteiger partial charge is 0.487 e. The molecule has 196 valence electrons. The van der Waals surface area contributed by atoms with Crippen LogP contribution in [0.2, 0.25) is 0 Å². The lowest BCUT2D eigenvalue weighted by Gasteiger charge is -2.15. The molecule has 0 unspecified atom stereocenters. The number of anilines is 1. The first-order valence-corrected chi connectivity index (χ1v) is 12.6. The Morgan fingerprint density at radius 1 is 1.03 bits per heavy atom. The second-order valence-corrected chi connectivity index (χ2v) is 10.1. The van der Waals surface area contributed by atoms with E-state index in [2.05, 4.69) is 21.0 Å². The molecule has 5 rings (SSSR count). The van der Waals surface area contributed by atoms with Crippen molar-refractivity contribution < 1.29 is 41.0 Å². The third-order valence-electron chi connectivity index (χ3n) is 5.61. The normalized spacial score (nSPS) is 15.5. The van der Waals surface area contributed by atoms with Gasteiger partial charge in [0.15, 0.2) is 34.8 Å². The van der Waals surface area contributed by atoms with Crippen LogP contribution in [0.4, 0.5) is 27.6 Å². The molecule has 0 saturated carbocycles. The molecule has 0 N–H and O–H groups in total. The molecule has 0 spiro atoms. The van der Waals surface area contributed by atoms with Gasteiger partial charge in [-0.25, -0.2) is 22.0 Å². The van der Waals surface area contributed by atoms with Crippen LogP contribution in [-0.2, 0) is 11.4 Å². The van der Waals surface area contributed by atoms with Gasteiger partial charge in [0, 0.05) is 0 Å². The number of carbonyl (C=O) groups excluding carboxylic acids is 1. The lowest BCUT2D eigenvalue weighted by molar-refractivity contribution is -0.114. The van der Waals surface area contributed by atoms with Crippen molar-refractivity contribution in [3.8, 4) is 17.2 Å². The molecular weight excluding hydrogens is 694 g/mol. The molecule has 6 nitrogen and oxygen atoms in total. The first-order valence-electron chi connectivity index (χ1n) is 10.7. The minimum atomic E-state index is -2.33. The van der Waals surface area contributed by atoms with Crippen molar-refractivity contribution in [2.75, 3.05) is 11.8 Å². The van der Waals surface area contributed by atoms with Crippen LogP contribution >= 0.6 is 38.5 Å². The summed E-state index contributed by atoms with van der Waals surface area (Å²) in [6, 6.07) is 8.78. The number of carbonyl (C=O) groups is 1. The Balaban J connectivity index is 1.40. The first kappa shape index (κ1) is 26.4. The van der Waals surface area contributed by atoms with E-state index in [1.54, 1.807) is 18.2 Å². The Morgan fingerprint density at radius 3 is 2.37 bits per heavy atom. The average Bonchev–Trinajstić information content (AvgIpc) is 3.45. The predicted octanol–water partition coefficient (Wildman–Crippen LogP) is 6.86. The molecular formula is C25H13BrF5IN2O4. The summed E-state index contributed by atoms with van der Waals surface area (Å²) in [7, 11) is 0. The van der Waals surface area contributed by atoms with Gasteiger partial charge in [-0.05, 0) is 86.9 Å². The maximum Gasteiger partial charge on any atom is 0.280 e. The molecule has 0 aliphatic carbocycles. The summed E-state index contributed by atoms with van der Waals surface area (Å²) in [5.41, 5.74) is -0.176. The average molecular weight is 707 g/mol. The van der Waals surface area contributed by atoms with E-state index in [-0.39, 0.29) is 29.7 Å². The molecule has 1 amide bonds. The summed E-state index contributed by atoms with van der Waals surface area (Å²) in [5, 5.41) is 3.91. The van der Waals surface area contributed by atoms with E-state index in [0.29, 0.717) is 30.9 Å². The number of rotatable bonds is 5. The highest BCUT2D eigenvalue weighted by molar-refractivity contribution is 14.1. The molecule has 0 bridgehead atoms. The number of benzene rings is 3. The maximum absolute atomic E-state index is 14.3. The molecule has 3 aromatic carbocycles. The van der Waals surface area contributed by atoms with Gasteiger partial charge in [0.05, 0.1) is 19.3 Å². The summed E-state index contributed by atoms with van der Waals surface area (Å²) in [6.45, 7) is 1.76. The Labute approximate surface area is 233 Å². The zero-order chi connectivity index (χ0) is 27.3. The van der Waals surface area contributed by atoms with Crippen molar-refractivity contribution in [1.82, 2.24) is 0 Å². The number of ether oxygens (including phenoxy) is 3. The molecule has 0 atom stereocenters. The lowest BCUT2D eigenvalue weighted by Crippen LogP contribution is -2.25. The standard InChI is InChI=1S/C25H13BrF5IN2O4/c1-10-13(25(35)34(33-10)23-21(30)19(28)18(27)20(29)22(23)31)4-12-5-14(26)24(15(32)6-12)36-8-11-2-3-16-17(7-11)38-9-37-16/h2-7H,8-9H2,1H3/b13-4+. The number of fused-ring (bicyclic) bond motifs is 1. The van der Waals surface area contributed by atoms with Gasteiger partial charge >= 0.3 is 0 Å². The zero-order valence-corrected chi connectivity index (χ0v) is 22.8. The highest BCUT2D eigenvalue weighted by Crippen LogP contribution is 2.37. The quantitative estimate of drug-likeness (QED) is 0.0957. The summed E-state index contributed by atoms with van der Waals surface area (Å²) in [5.74, 6) is -10.2. The van der Waals surface area contributed by atoms with Crippen LogP contribution in [0.15, 0.2) is 45.5 Å². The van der Waals surface area contributed by atoms with Crippen molar-refractivity contribution in [2.45, 2.75) is 13.5 Å². The van der Waals surface area contributed by atoms with Crippen LogP contribution in [0.3, 0.4) is 0 Å². The van der Waals surface area contributed by atoms with E-state index in [0.717, 1.165) is 5.56 Å². The number of hydrogen-bond acceptors (Lipinski definition) is 5. The predicted molar refractivity (Wildman–Crippen MR) is 139 cm³/mol. The minimum absolute atomic E-state index is 0.0215. The van der Waals surface area contributed by atoms with Crippen LogP contribution in [0.25, 0.3) is 6.08 Å². The monoisotopic (exact) mass is 706 g/mol. The van der Waals surface area contributed by atoms with E-state index in [4.69, 9.17) is 14.2 Å². The van der Waals surface area contributed by atoms with Crippen molar-refractivity contribution >= 4 is 61.9 Å². The summed E-state index contributed by atoms with van der Waals surface area (Å²) < 4.78 is 87.2. The molecule has 38 heavy (non-hydrogen) atoms. The molecule has 3 aromatic rings. The van der Waals surface area contributed by atoms with Gasteiger partial charge in [0.25, 0.3) is 5.91 Å². The van der Waals surface area contributed by atoms with E-state index in [1.165, 1.54) is 13.0 Å². The first-order chi connectivity index (χ1) is 18.1. The van der Waals surface area contributed by atoms with Crippen molar-refractivity contribution in [2.24, 2.45) is 5.10 Å². The number of hydrazone groups is 1. The molecule has 2 aliphatic heterocycles. The van der Waals surface area contributed by atoms with Gasteiger partial charge in [0.2, 0.25) is 12.6 Å². The third kappa shape index (κ3) is 4.61. The van der Waals surface area contributed by atoms with E-state index in [1.807, 2.05) is 34.7 Å². The van der Waals surface area contributed by atoms with Gasteiger partial charge < -0.3 is 14.2 Å². The van der Waals surface area contributed by atoms with E-state index >= 15 is 0 Å². The summed E-state index contributed by atoms with van der Waals surface area (Å²) >= 11 is 5.48. The van der Waals surface area contributed by atoms with Gasteiger partial charge in [-0.1, -0.05) is 6.07 Å². The van der Waals surface area contributed by atoms with Gasteiger partial charge in [-0.3, -0.25) is 4.79 Å². The fourth-order valence-corrected chi connectivity index (χ4v) is 5.54. The second-order valence-electron chi connectivity index (χ2n) is 8.07. The molecule has 13 heteroatoms. The van der Waals surface area contributed by atoms with Crippen LogP contribution in [0.1, 0.15) is 18.1 Å². The van der Waals surface area contributed by atoms with Crippen molar-refractivity contribution in [3.63, 3.8) is 0 Å². The van der Waals surface area contributed by atoms with Crippen LogP contribution < -0.4 is 19.2 Å². The summed E-state index contributed by atoms with van der Waals surface area (Å²) in [4.78, 5) is 12.9. The lowest BCUT2D eigenvalue weighted by atomic mass is 10.1. The number of nitrogens with zero attached hydrogens (tertiary/aromatic N) is 2. The Morgan fingerprint density at radius 2 is 1.68 bits per heavy atom. The Hall–Kier alpha value is -3.20. The van der Waals surface area contributed by atoms with Crippen molar-refractivity contribution in [1.29, 1.82) is 0 Å². The smallest absolute Gasteiger partial charge is 0.280 e. The number of hydrogen-bond donors (Lipinski definition) is 0. The topological polar surface area (TPSA) is 60.4 Å². The third-order valence-corrected chi connectivity index (χ3v) is 7.00. The molecule has 2 aliphatic rings. The maximum atomic E-state index is 14.3. The Bertz CT molecular complexity index is 1530. The highest BCUT2D eigenvalue weighted by atomic mass is 127. The van der Waals surface area contributed by atoms with E-state index in [9.17, 15) is 26.7 Å². The van der Waals surface area contributed by atoms with E-state index < -0.39 is 40.7 Å². The van der Waals surface area contributed by atoms with Gasteiger partial charge in [-0.15, -0.1) is 0 Å². The molecule has 0 radical (unpaired) electrons. The fourth-order valence-electron chi connectivity index (χ4n) is 3.77. The fraction of sp³-hybridized carbons (Fsp3) is 0.120. The van der Waals surface area contributed by atoms with Crippen LogP contribution in [0.5, 0.6) is 17.2 Å². The van der Waals surface area contributed by atoms with Gasteiger partial charge in [-0.2, -0.15) is 10.1 Å². The number of halogens is 7. The van der Waals surface area contributed by atoms with Crippen molar-refractivity contribution in [3.05, 3.63) is 84.2 Å². The molecule has 0 fully saturated rings. The van der Waals surface area contributed by atoms with Crippen LogP contribution in [-0.4, -0.2) is 18.4 Å². The van der Waals surface area contributed by atoms with Gasteiger partial charge in [0.1, 0.15) is 18.0 Å². The zero-order valence-electron chi connectivity index (χ0n) is 19.1. The second kappa shape index (κ2) is 10.2. The van der Waals surface area contributed by atoms with Crippen LogP contribution in [0, 0.1) is 32.7 Å². The highest BCUT2D eigenvalue weighted by Gasteiger charge is 2.37. The Kier molecular flexibility index (Phi) is 7.07. The SMILES string of the molecule is CC1=NN(c2c(F)c(F)c(F)c(F)c2F)C(=O)/C1=C/c1cc(Br)c(OCc2ccc3c(c2)OCO3)c(I)c1. The molecule has 2 heterocycles. The molecule has 0 saturated heterocycles. The molecule has 0 aromatic heterocycles. The minimum Gasteiger partial charge on any atom is -0.487 e. The number of amides is 1. The summed E-state index contributed by atoms with van der Waals surface area (Å²) in [6.07, 6.45) is 1.39.